The monoisotopic (exact) mass is 449 g/mol. The van der Waals surface area contributed by atoms with Crippen LogP contribution in [0.1, 0.15) is 51.9 Å². The zero-order valence-electron chi connectivity index (χ0n) is 18.0. The van der Waals surface area contributed by atoms with Crippen molar-refractivity contribution in [2.75, 3.05) is 31.5 Å². The van der Waals surface area contributed by atoms with Gasteiger partial charge in [0.2, 0.25) is 15.9 Å². The minimum atomic E-state index is -3.72. The maximum atomic E-state index is 13.1. The van der Waals surface area contributed by atoms with Crippen LogP contribution in [0.15, 0.2) is 23.1 Å². The fourth-order valence-corrected chi connectivity index (χ4v) is 6.12. The number of amides is 2. The number of nitrogens with one attached hydrogen (secondary N) is 1. The molecule has 2 fully saturated rings. The lowest BCUT2D eigenvalue weighted by molar-refractivity contribution is -0.132. The number of piperazine rings is 1. The van der Waals surface area contributed by atoms with Crippen molar-refractivity contribution in [2.24, 2.45) is 5.92 Å². The van der Waals surface area contributed by atoms with E-state index in [1.54, 1.807) is 11.0 Å². The van der Waals surface area contributed by atoms with E-state index in [1.165, 1.54) is 42.1 Å². The van der Waals surface area contributed by atoms with Gasteiger partial charge in [0.15, 0.2) is 6.10 Å². The maximum absolute atomic E-state index is 13.1. The number of fused-ring (bicyclic) bond motifs is 1. The smallest absolute Gasteiger partial charge is 0.265 e. The Bertz CT molecular complexity index is 934. The molecule has 3 aliphatic rings. The first kappa shape index (κ1) is 22.1. The van der Waals surface area contributed by atoms with Gasteiger partial charge in [0, 0.05) is 32.6 Å². The number of sulfonamides is 1. The summed E-state index contributed by atoms with van der Waals surface area (Å²) in [5.41, 5.74) is 0.372. The number of carbonyl (C=O) groups is 2. The molecule has 9 heteroatoms. The number of hydrogen-bond donors (Lipinski definition) is 1. The van der Waals surface area contributed by atoms with E-state index in [0.717, 1.165) is 6.42 Å². The third-order valence-electron chi connectivity index (χ3n) is 6.61. The van der Waals surface area contributed by atoms with Crippen molar-refractivity contribution in [3.63, 3.8) is 0 Å². The van der Waals surface area contributed by atoms with Gasteiger partial charge in [-0.15, -0.1) is 0 Å². The van der Waals surface area contributed by atoms with Crippen LogP contribution in [0, 0.1) is 5.92 Å². The van der Waals surface area contributed by atoms with Crippen LogP contribution >= 0.6 is 0 Å². The Kier molecular flexibility index (Phi) is 6.52. The van der Waals surface area contributed by atoms with Gasteiger partial charge in [-0.2, -0.15) is 4.31 Å². The van der Waals surface area contributed by atoms with Crippen LogP contribution in [0.2, 0.25) is 0 Å². The summed E-state index contributed by atoms with van der Waals surface area (Å²) in [5, 5.41) is 2.74. The van der Waals surface area contributed by atoms with E-state index in [1.807, 2.05) is 6.92 Å². The van der Waals surface area contributed by atoms with Crippen molar-refractivity contribution in [2.45, 2.75) is 62.9 Å². The van der Waals surface area contributed by atoms with E-state index >= 15 is 0 Å². The Morgan fingerprint density at radius 3 is 2.55 bits per heavy atom. The molecule has 1 N–H and O–H groups in total. The lowest BCUT2D eigenvalue weighted by Gasteiger charge is -2.34. The van der Waals surface area contributed by atoms with E-state index in [4.69, 9.17) is 4.74 Å². The molecular formula is C22H31N3O5S. The van der Waals surface area contributed by atoms with Gasteiger partial charge < -0.3 is 15.0 Å². The zero-order chi connectivity index (χ0) is 22.0. The van der Waals surface area contributed by atoms with Crippen LogP contribution in [0.3, 0.4) is 0 Å². The molecule has 1 aliphatic carbocycles. The third kappa shape index (κ3) is 4.72. The summed E-state index contributed by atoms with van der Waals surface area (Å²) in [7, 11) is -3.72. The highest BCUT2D eigenvalue weighted by Gasteiger charge is 2.32. The van der Waals surface area contributed by atoms with Crippen molar-refractivity contribution < 1.29 is 22.7 Å². The third-order valence-corrected chi connectivity index (χ3v) is 8.51. The summed E-state index contributed by atoms with van der Waals surface area (Å²) >= 11 is 0. The number of hydrogen-bond acceptors (Lipinski definition) is 5. The van der Waals surface area contributed by atoms with E-state index in [9.17, 15) is 18.0 Å². The molecule has 2 heterocycles. The van der Waals surface area contributed by atoms with E-state index < -0.39 is 16.1 Å². The normalized spacial score (nSPS) is 22.7. The lowest BCUT2D eigenvalue weighted by atomic mass is 10.0. The number of benzene rings is 1. The minimum absolute atomic E-state index is 0.117. The molecule has 8 nitrogen and oxygen atoms in total. The fraction of sp³-hybridized carbons (Fsp3) is 0.636. The lowest BCUT2D eigenvalue weighted by Crippen LogP contribution is -2.50. The molecule has 0 bridgehead atoms. The van der Waals surface area contributed by atoms with Gasteiger partial charge in [0.05, 0.1) is 10.6 Å². The predicted octanol–water partition coefficient (Wildman–Crippen LogP) is 2.60. The molecule has 4 rings (SSSR count). The molecule has 170 valence electrons. The summed E-state index contributed by atoms with van der Waals surface area (Å²) < 4.78 is 33.3. The molecule has 2 amide bonds. The average Bonchev–Trinajstić information content (AvgIpc) is 3.30. The Morgan fingerprint density at radius 1 is 1.16 bits per heavy atom. The summed E-state index contributed by atoms with van der Waals surface area (Å²) in [5.74, 6) is 1.01. The van der Waals surface area contributed by atoms with Crippen LogP contribution in [0.5, 0.6) is 5.75 Å². The number of rotatable bonds is 6. The Hall–Kier alpha value is -2.13. The highest BCUT2D eigenvalue weighted by atomic mass is 32.2. The van der Waals surface area contributed by atoms with Crippen LogP contribution in [0.25, 0.3) is 0 Å². The van der Waals surface area contributed by atoms with Crippen LogP contribution in [-0.4, -0.2) is 61.7 Å². The van der Waals surface area contributed by atoms with Crippen molar-refractivity contribution in [3.05, 3.63) is 18.2 Å². The van der Waals surface area contributed by atoms with Crippen molar-refractivity contribution in [1.82, 2.24) is 9.21 Å². The zero-order valence-corrected chi connectivity index (χ0v) is 18.8. The second-order valence-electron chi connectivity index (χ2n) is 8.64. The Labute approximate surface area is 184 Å². The first-order valence-electron chi connectivity index (χ1n) is 11.3. The standard InChI is InChI=1S/C22H31N3O5S/c1-2-19-22(27)23-18-15-17(8-9-20(18)30-19)31(28,29)25-13-11-24(12-14-25)21(26)10-7-16-5-3-4-6-16/h8-9,15-16,19H,2-7,10-14H2,1H3,(H,23,27)/t19-/m0/s1. The Balaban J connectivity index is 1.36. The molecule has 0 radical (unpaired) electrons. The number of ether oxygens (including phenoxy) is 1. The molecular weight excluding hydrogens is 418 g/mol. The summed E-state index contributed by atoms with van der Waals surface area (Å²) in [6, 6.07) is 4.55. The molecule has 1 aromatic rings. The van der Waals surface area contributed by atoms with Gasteiger partial charge in [-0.1, -0.05) is 32.6 Å². The predicted molar refractivity (Wildman–Crippen MR) is 116 cm³/mol. The molecule has 1 aromatic carbocycles. The van der Waals surface area contributed by atoms with Crippen molar-refractivity contribution in [1.29, 1.82) is 0 Å². The number of carbonyl (C=O) groups excluding carboxylic acids is 2. The van der Waals surface area contributed by atoms with E-state index in [-0.39, 0.29) is 29.8 Å². The number of nitrogens with zero attached hydrogens (tertiary/aromatic N) is 2. The second kappa shape index (κ2) is 9.16. The minimum Gasteiger partial charge on any atom is -0.478 e. The van der Waals surface area contributed by atoms with Gasteiger partial charge in [0.1, 0.15) is 5.75 Å². The number of anilines is 1. The summed E-state index contributed by atoms with van der Waals surface area (Å²) in [6.45, 7) is 3.22. The van der Waals surface area contributed by atoms with Gasteiger partial charge in [-0.25, -0.2) is 8.42 Å². The molecule has 31 heavy (non-hydrogen) atoms. The summed E-state index contributed by atoms with van der Waals surface area (Å²) in [4.78, 5) is 26.5. The van der Waals surface area contributed by atoms with Gasteiger partial charge in [-0.3, -0.25) is 9.59 Å². The fourth-order valence-electron chi connectivity index (χ4n) is 4.67. The average molecular weight is 450 g/mol. The SMILES string of the molecule is CC[C@@H]1Oc2ccc(S(=O)(=O)N3CCN(C(=O)CCC4CCCC4)CC3)cc2NC1=O. The first-order valence-corrected chi connectivity index (χ1v) is 12.7. The second-order valence-corrected chi connectivity index (χ2v) is 10.6. The quantitative estimate of drug-likeness (QED) is 0.720. The van der Waals surface area contributed by atoms with Crippen molar-refractivity contribution in [3.8, 4) is 5.75 Å². The topological polar surface area (TPSA) is 96.0 Å². The maximum Gasteiger partial charge on any atom is 0.265 e. The van der Waals surface area contributed by atoms with Crippen molar-refractivity contribution >= 4 is 27.5 Å². The molecule has 1 saturated carbocycles. The molecule has 0 aromatic heterocycles. The molecule has 0 spiro atoms. The molecule has 0 unspecified atom stereocenters. The Morgan fingerprint density at radius 2 is 1.87 bits per heavy atom. The highest BCUT2D eigenvalue weighted by Crippen LogP contribution is 2.33. The summed E-state index contributed by atoms with van der Waals surface area (Å²) in [6.07, 6.45) is 6.47. The van der Waals surface area contributed by atoms with E-state index in [0.29, 0.717) is 43.3 Å². The van der Waals surface area contributed by atoms with Gasteiger partial charge in [0.25, 0.3) is 5.91 Å². The van der Waals surface area contributed by atoms with Crippen LogP contribution in [0.4, 0.5) is 5.69 Å². The first-order chi connectivity index (χ1) is 14.9. The molecule has 1 atom stereocenters. The van der Waals surface area contributed by atoms with E-state index in [2.05, 4.69) is 5.32 Å². The van der Waals surface area contributed by atoms with Crippen LogP contribution < -0.4 is 10.1 Å². The van der Waals surface area contributed by atoms with Gasteiger partial charge in [-0.05, 0) is 37.0 Å². The largest absolute Gasteiger partial charge is 0.478 e. The molecule has 2 aliphatic heterocycles. The highest BCUT2D eigenvalue weighted by molar-refractivity contribution is 7.89. The van der Waals surface area contributed by atoms with Crippen LogP contribution in [-0.2, 0) is 19.6 Å². The molecule has 1 saturated heterocycles. The van der Waals surface area contributed by atoms with Gasteiger partial charge >= 0.3 is 0 Å².